The molecule has 2 N–H and O–H groups in total. The summed E-state index contributed by atoms with van der Waals surface area (Å²) in [5.74, 6) is 0.136. The number of amides is 1. The van der Waals surface area contributed by atoms with Crippen LogP contribution in [0.5, 0.6) is 0 Å². The molecule has 1 atom stereocenters. The average Bonchev–Trinajstić information content (AvgIpc) is 2.71. The second-order valence-corrected chi connectivity index (χ2v) is 5.27. The molecular formula is C15H25N3O. The van der Waals surface area contributed by atoms with E-state index in [1.54, 1.807) is 0 Å². The molecule has 1 aromatic heterocycles. The van der Waals surface area contributed by atoms with E-state index in [4.69, 9.17) is 0 Å². The maximum Gasteiger partial charge on any atom is 0.221 e. The van der Waals surface area contributed by atoms with Gasteiger partial charge < -0.3 is 15.2 Å². The molecule has 0 radical (unpaired) electrons. The van der Waals surface area contributed by atoms with Gasteiger partial charge in [0.15, 0.2) is 0 Å². The van der Waals surface area contributed by atoms with Gasteiger partial charge in [0, 0.05) is 37.9 Å². The zero-order valence-electron chi connectivity index (χ0n) is 12.0. The fourth-order valence-electron chi connectivity index (χ4n) is 2.86. The van der Waals surface area contributed by atoms with E-state index in [9.17, 15) is 4.79 Å². The van der Waals surface area contributed by atoms with Crippen molar-refractivity contribution in [3.05, 3.63) is 23.5 Å². The topological polar surface area (TPSA) is 46.1 Å². The lowest BCUT2D eigenvalue weighted by molar-refractivity contribution is -0.121. The summed E-state index contributed by atoms with van der Waals surface area (Å²) in [6.45, 7) is 3.44. The monoisotopic (exact) mass is 263 g/mol. The molecule has 19 heavy (non-hydrogen) atoms. The first kappa shape index (κ1) is 14.1. The van der Waals surface area contributed by atoms with Gasteiger partial charge in [0.05, 0.1) is 0 Å². The summed E-state index contributed by atoms with van der Waals surface area (Å²) in [7, 11) is 2.03. The molecule has 0 saturated carbocycles. The van der Waals surface area contributed by atoms with Crippen molar-refractivity contribution < 1.29 is 4.79 Å². The number of aryl methyl sites for hydroxylation is 2. The highest BCUT2D eigenvalue weighted by atomic mass is 16.1. The van der Waals surface area contributed by atoms with E-state index < -0.39 is 0 Å². The predicted octanol–water partition coefficient (Wildman–Crippen LogP) is 2.00. The number of fused-ring (bicyclic) bond motifs is 1. The van der Waals surface area contributed by atoms with E-state index in [-0.39, 0.29) is 5.91 Å². The largest absolute Gasteiger partial charge is 0.356 e. The number of carbonyl (C=O) groups is 1. The van der Waals surface area contributed by atoms with Crippen LogP contribution in [0.2, 0.25) is 0 Å². The maximum absolute atomic E-state index is 11.5. The van der Waals surface area contributed by atoms with E-state index in [0.717, 1.165) is 6.54 Å². The number of rotatable bonds is 5. The minimum atomic E-state index is 0.136. The highest BCUT2D eigenvalue weighted by molar-refractivity contribution is 5.75. The smallest absolute Gasteiger partial charge is 0.221 e. The second kappa shape index (κ2) is 6.75. The fourth-order valence-corrected chi connectivity index (χ4v) is 2.86. The quantitative estimate of drug-likeness (QED) is 0.798. The molecule has 106 valence electrons. The van der Waals surface area contributed by atoms with Crippen molar-refractivity contribution in [1.29, 1.82) is 0 Å². The standard InChI is InChI=1S/C15H25N3O/c1-3-17-15(19)8-9-18-10-12-6-4-5-7-14(16-2)13(12)11-18/h10-11,14,16H,3-9H2,1-2H3,(H,17,19). The average molecular weight is 263 g/mol. The summed E-state index contributed by atoms with van der Waals surface area (Å²) in [6, 6.07) is 0.475. The van der Waals surface area contributed by atoms with Crippen LogP contribution in [0.3, 0.4) is 0 Å². The molecule has 1 amide bonds. The van der Waals surface area contributed by atoms with Gasteiger partial charge in [0.2, 0.25) is 5.91 Å². The van der Waals surface area contributed by atoms with Gasteiger partial charge in [0.1, 0.15) is 0 Å². The minimum Gasteiger partial charge on any atom is -0.356 e. The van der Waals surface area contributed by atoms with E-state index in [1.807, 2.05) is 14.0 Å². The van der Waals surface area contributed by atoms with E-state index in [2.05, 4.69) is 27.6 Å². The Morgan fingerprint density at radius 3 is 3.00 bits per heavy atom. The normalized spacial score (nSPS) is 18.7. The molecule has 1 aromatic rings. The Hall–Kier alpha value is -1.29. The molecule has 1 aliphatic carbocycles. The summed E-state index contributed by atoms with van der Waals surface area (Å²) < 4.78 is 2.18. The lowest BCUT2D eigenvalue weighted by Crippen LogP contribution is -2.23. The van der Waals surface area contributed by atoms with Crippen molar-refractivity contribution >= 4 is 5.91 Å². The Balaban J connectivity index is 2.02. The summed E-state index contributed by atoms with van der Waals surface area (Å²) in [5, 5.41) is 6.25. The van der Waals surface area contributed by atoms with Gasteiger partial charge in [-0.1, -0.05) is 6.42 Å². The van der Waals surface area contributed by atoms with Crippen molar-refractivity contribution in [2.45, 2.75) is 51.6 Å². The summed E-state index contributed by atoms with van der Waals surface area (Å²) in [6.07, 6.45) is 9.95. The molecular weight excluding hydrogens is 238 g/mol. The van der Waals surface area contributed by atoms with Crippen LogP contribution in [0.1, 0.15) is 49.8 Å². The Labute approximate surface area is 115 Å². The summed E-state index contributed by atoms with van der Waals surface area (Å²) in [4.78, 5) is 11.5. The number of aromatic nitrogens is 1. The SMILES string of the molecule is CCNC(=O)CCn1cc2c(c1)C(NC)CCCC2. The lowest BCUT2D eigenvalue weighted by atomic mass is 10.1. The van der Waals surface area contributed by atoms with Gasteiger partial charge in [-0.25, -0.2) is 0 Å². The molecule has 0 aromatic carbocycles. The molecule has 4 nitrogen and oxygen atoms in total. The first-order valence-electron chi connectivity index (χ1n) is 7.37. The summed E-state index contributed by atoms with van der Waals surface area (Å²) >= 11 is 0. The van der Waals surface area contributed by atoms with E-state index in [1.165, 1.54) is 36.8 Å². The zero-order chi connectivity index (χ0) is 13.7. The third-order valence-electron chi connectivity index (χ3n) is 3.88. The maximum atomic E-state index is 11.5. The molecule has 1 aliphatic rings. The molecule has 1 unspecified atom stereocenters. The number of nitrogens with zero attached hydrogens (tertiary/aromatic N) is 1. The Morgan fingerprint density at radius 1 is 1.42 bits per heavy atom. The van der Waals surface area contributed by atoms with Crippen LogP contribution in [-0.4, -0.2) is 24.1 Å². The van der Waals surface area contributed by atoms with Crippen molar-refractivity contribution in [3.63, 3.8) is 0 Å². The van der Waals surface area contributed by atoms with Gasteiger partial charge in [-0.2, -0.15) is 0 Å². The van der Waals surface area contributed by atoms with Gasteiger partial charge in [-0.3, -0.25) is 4.79 Å². The van der Waals surface area contributed by atoms with Crippen molar-refractivity contribution in [3.8, 4) is 0 Å². The molecule has 0 fully saturated rings. The van der Waals surface area contributed by atoms with Crippen LogP contribution in [0, 0.1) is 0 Å². The second-order valence-electron chi connectivity index (χ2n) is 5.27. The number of hydrogen-bond donors (Lipinski definition) is 2. The van der Waals surface area contributed by atoms with Crippen molar-refractivity contribution in [2.75, 3.05) is 13.6 Å². The van der Waals surface area contributed by atoms with Crippen LogP contribution < -0.4 is 10.6 Å². The lowest BCUT2D eigenvalue weighted by Gasteiger charge is -2.13. The Kier molecular flexibility index (Phi) is 5.02. The van der Waals surface area contributed by atoms with E-state index >= 15 is 0 Å². The molecule has 0 aliphatic heterocycles. The van der Waals surface area contributed by atoms with Gasteiger partial charge in [0.25, 0.3) is 0 Å². The van der Waals surface area contributed by atoms with Crippen molar-refractivity contribution in [2.24, 2.45) is 0 Å². The zero-order valence-corrected chi connectivity index (χ0v) is 12.0. The van der Waals surface area contributed by atoms with Crippen molar-refractivity contribution in [1.82, 2.24) is 15.2 Å². The van der Waals surface area contributed by atoms with Crippen LogP contribution in [-0.2, 0) is 17.8 Å². The number of nitrogens with one attached hydrogen (secondary N) is 2. The molecule has 4 heteroatoms. The van der Waals surface area contributed by atoms with Gasteiger partial charge in [-0.15, -0.1) is 0 Å². The molecule has 0 saturated heterocycles. The van der Waals surface area contributed by atoms with Crippen LogP contribution >= 0.6 is 0 Å². The number of hydrogen-bond acceptors (Lipinski definition) is 2. The first-order chi connectivity index (χ1) is 9.24. The molecule has 2 rings (SSSR count). The summed E-state index contributed by atoms with van der Waals surface area (Å²) in [5.41, 5.74) is 2.88. The van der Waals surface area contributed by atoms with Crippen LogP contribution in [0.15, 0.2) is 12.4 Å². The molecule has 1 heterocycles. The van der Waals surface area contributed by atoms with Gasteiger partial charge >= 0.3 is 0 Å². The molecule has 0 spiro atoms. The van der Waals surface area contributed by atoms with Gasteiger partial charge in [-0.05, 0) is 44.4 Å². The third kappa shape index (κ3) is 3.60. The number of carbonyl (C=O) groups excluding carboxylic acids is 1. The highest BCUT2D eigenvalue weighted by Crippen LogP contribution is 2.29. The van der Waals surface area contributed by atoms with E-state index in [0.29, 0.717) is 19.0 Å². The van der Waals surface area contributed by atoms with Crippen LogP contribution in [0.25, 0.3) is 0 Å². The third-order valence-corrected chi connectivity index (χ3v) is 3.88. The Morgan fingerprint density at radius 2 is 2.26 bits per heavy atom. The fraction of sp³-hybridized carbons (Fsp3) is 0.667. The first-order valence-corrected chi connectivity index (χ1v) is 7.37. The minimum absolute atomic E-state index is 0.136. The van der Waals surface area contributed by atoms with Crippen LogP contribution in [0.4, 0.5) is 0 Å². The Bertz CT molecular complexity index is 425. The molecule has 0 bridgehead atoms. The predicted molar refractivity (Wildman–Crippen MR) is 77.1 cm³/mol. The highest BCUT2D eigenvalue weighted by Gasteiger charge is 2.19.